The van der Waals surface area contributed by atoms with Crippen LogP contribution in [0.5, 0.6) is 0 Å². The third kappa shape index (κ3) is 6.85. The fraction of sp³-hybridized carbons (Fsp3) is 0.345. The molecule has 6 rings (SSSR count). The smallest absolute Gasteiger partial charge is 0.475 e. The van der Waals surface area contributed by atoms with E-state index in [2.05, 4.69) is 69.0 Å². The summed E-state index contributed by atoms with van der Waals surface area (Å²) in [7, 11) is 0. The molecule has 2 aromatic heterocycles. The molecule has 9 nitrogen and oxygen atoms in total. The monoisotopic (exact) mass is 601 g/mol. The van der Waals surface area contributed by atoms with E-state index >= 15 is 0 Å². The molecular weight excluding hydrogens is 571 g/mol. The van der Waals surface area contributed by atoms with Crippen molar-refractivity contribution in [2.24, 2.45) is 0 Å². The number of nitrogens with zero attached hydrogens (tertiary/aromatic N) is 2. The average molecular weight is 602 g/mol. The number of aromatic nitrogens is 2. The van der Waals surface area contributed by atoms with Crippen LogP contribution in [-0.4, -0.2) is 64.5 Å². The summed E-state index contributed by atoms with van der Waals surface area (Å²) in [6, 6.07) is 17.1. The van der Waals surface area contributed by atoms with Crippen molar-refractivity contribution in [3.05, 3.63) is 70.9 Å². The van der Waals surface area contributed by atoms with Crippen LogP contribution in [0.4, 0.5) is 29.7 Å². The lowest BCUT2D eigenvalue weighted by Crippen LogP contribution is -2.48. The summed E-state index contributed by atoms with van der Waals surface area (Å²) in [4.78, 5) is 32.7. The molecule has 1 atom stereocenters. The van der Waals surface area contributed by atoms with Crippen molar-refractivity contribution in [1.29, 1.82) is 0 Å². The van der Waals surface area contributed by atoms with Crippen LogP contribution in [0.2, 0.25) is 0 Å². The Hall–Kier alpha value is -4.10. The third-order valence-electron chi connectivity index (χ3n) is 6.91. The van der Waals surface area contributed by atoms with Gasteiger partial charge in [0.15, 0.2) is 5.13 Å². The molecule has 0 saturated carbocycles. The SMILES string of the molecule is CC1(C)Cc2nc(N3CCOCC3Cc3cccc(Nc4ccc5[nH]ccc5c4)c3)sc2C(=O)N1.O=C(O)C(F)(F)F. The number of anilines is 3. The number of morpholine rings is 1. The Labute approximate surface area is 243 Å². The number of aliphatic carboxylic acids is 1. The van der Waals surface area contributed by atoms with E-state index in [9.17, 15) is 18.0 Å². The summed E-state index contributed by atoms with van der Waals surface area (Å²) in [5, 5.41) is 15.9. The summed E-state index contributed by atoms with van der Waals surface area (Å²) < 4.78 is 37.6. The van der Waals surface area contributed by atoms with Crippen LogP contribution in [0, 0.1) is 0 Å². The number of H-pyrrole nitrogens is 1. The minimum atomic E-state index is -5.08. The van der Waals surface area contributed by atoms with Gasteiger partial charge in [-0.15, -0.1) is 0 Å². The van der Waals surface area contributed by atoms with E-state index in [-0.39, 0.29) is 17.5 Å². The van der Waals surface area contributed by atoms with Gasteiger partial charge in [0.1, 0.15) is 4.88 Å². The van der Waals surface area contributed by atoms with Crippen molar-refractivity contribution >= 4 is 50.6 Å². The number of hydrogen-bond acceptors (Lipinski definition) is 7. The van der Waals surface area contributed by atoms with E-state index in [0.717, 1.165) is 52.0 Å². The average Bonchev–Trinajstić information content (AvgIpc) is 3.55. The minimum Gasteiger partial charge on any atom is -0.475 e. The molecule has 1 saturated heterocycles. The molecule has 4 heterocycles. The quantitative estimate of drug-likeness (QED) is 0.238. The number of nitrogens with one attached hydrogen (secondary N) is 3. The third-order valence-corrected chi connectivity index (χ3v) is 8.04. The maximum absolute atomic E-state index is 12.6. The number of fused-ring (bicyclic) bond motifs is 2. The Morgan fingerprint density at radius 1 is 1.21 bits per heavy atom. The molecule has 4 N–H and O–H groups in total. The van der Waals surface area contributed by atoms with Crippen molar-refractivity contribution in [2.75, 3.05) is 30.0 Å². The van der Waals surface area contributed by atoms with Crippen LogP contribution in [0.25, 0.3) is 10.9 Å². The molecule has 2 aromatic carbocycles. The predicted molar refractivity (Wildman–Crippen MR) is 155 cm³/mol. The molecule has 0 aliphatic carbocycles. The van der Waals surface area contributed by atoms with Crippen LogP contribution < -0.4 is 15.5 Å². The van der Waals surface area contributed by atoms with Crippen molar-refractivity contribution in [3.8, 4) is 0 Å². The largest absolute Gasteiger partial charge is 0.490 e. The first-order valence-corrected chi connectivity index (χ1v) is 14.1. The second-order valence-corrected chi connectivity index (χ2v) is 11.8. The van der Waals surface area contributed by atoms with E-state index in [4.69, 9.17) is 19.6 Å². The molecule has 1 fully saturated rings. The van der Waals surface area contributed by atoms with Gasteiger partial charge in [0.25, 0.3) is 5.91 Å². The molecule has 0 radical (unpaired) electrons. The van der Waals surface area contributed by atoms with E-state index in [0.29, 0.717) is 13.2 Å². The second kappa shape index (κ2) is 11.6. The molecule has 4 aromatic rings. The molecule has 42 heavy (non-hydrogen) atoms. The standard InChI is InChI=1S/C27H29N5O2S.C2HF3O2/c1-27(2)15-23-24(25(33)31-27)35-26(30-23)32-10-11-34-16-21(32)13-17-4-3-5-19(12-17)29-20-6-7-22-18(14-20)8-9-28-22;3-2(4,5)1(6)7/h3-9,12,14,21,28-29H,10-11,13,15-16H2,1-2H3,(H,31,33);(H,6,7). The van der Waals surface area contributed by atoms with E-state index in [1.54, 1.807) is 0 Å². The Morgan fingerprint density at radius 3 is 2.74 bits per heavy atom. The number of thiazole rings is 1. The topological polar surface area (TPSA) is 120 Å². The number of carboxylic acid groups (broad SMARTS) is 1. The molecular formula is C29H30F3N5O4S. The van der Waals surface area contributed by atoms with Gasteiger partial charge >= 0.3 is 12.1 Å². The number of amides is 1. The van der Waals surface area contributed by atoms with Crippen LogP contribution >= 0.6 is 11.3 Å². The van der Waals surface area contributed by atoms with E-state index < -0.39 is 12.1 Å². The van der Waals surface area contributed by atoms with Gasteiger partial charge < -0.3 is 30.4 Å². The highest BCUT2D eigenvalue weighted by molar-refractivity contribution is 7.17. The zero-order valence-electron chi connectivity index (χ0n) is 22.9. The Bertz CT molecular complexity index is 1600. The molecule has 1 amide bonds. The fourth-order valence-corrected chi connectivity index (χ4v) is 6.08. The fourth-order valence-electron chi connectivity index (χ4n) is 5.01. The lowest BCUT2D eigenvalue weighted by molar-refractivity contribution is -0.192. The predicted octanol–water partition coefficient (Wildman–Crippen LogP) is 5.51. The molecule has 13 heteroatoms. The van der Waals surface area contributed by atoms with Gasteiger partial charge in [-0.3, -0.25) is 4.79 Å². The highest BCUT2D eigenvalue weighted by atomic mass is 32.1. The van der Waals surface area contributed by atoms with Gasteiger partial charge in [0.05, 0.1) is 24.9 Å². The molecule has 222 valence electrons. The van der Waals surface area contributed by atoms with Gasteiger partial charge in [-0.2, -0.15) is 13.2 Å². The second-order valence-electron chi connectivity index (χ2n) is 10.8. The van der Waals surface area contributed by atoms with Crippen molar-refractivity contribution in [2.45, 2.75) is 44.4 Å². The van der Waals surface area contributed by atoms with Crippen LogP contribution in [0.1, 0.15) is 34.8 Å². The number of carbonyl (C=O) groups is 2. The minimum absolute atomic E-state index is 0.0126. The summed E-state index contributed by atoms with van der Waals surface area (Å²) in [6.45, 7) is 6.17. The number of alkyl halides is 3. The van der Waals surface area contributed by atoms with Crippen molar-refractivity contribution in [1.82, 2.24) is 15.3 Å². The van der Waals surface area contributed by atoms with Gasteiger partial charge in [0.2, 0.25) is 0 Å². The van der Waals surface area contributed by atoms with Crippen molar-refractivity contribution < 1.29 is 32.6 Å². The number of halogens is 3. The van der Waals surface area contributed by atoms with Crippen LogP contribution in [0.3, 0.4) is 0 Å². The summed E-state index contributed by atoms with van der Waals surface area (Å²) >= 11 is 1.50. The Morgan fingerprint density at radius 2 is 1.98 bits per heavy atom. The van der Waals surface area contributed by atoms with Crippen LogP contribution in [-0.2, 0) is 22.4 Å². The van der Waals surface area contributed by atoms with Gasteiger partial charge in [-0.1, -0.05) is 23.5 Å². The first-order valence-electron chi connectivity index (χ1n) is 13.3. The van der Waals surface area contributed by atoms with E-state index in [1.165, 1.54) is 22.3 Å². The lowest BCUT2D eigenvalue weighted by Gasteiger charge is -2.35. The highest BCUT2D eigenvalue weighted by Gasteiger charge is 2.38. The van der Waals surface area contributed by atoms with Crippen molar-refractivity contribution in [3.63, 3.8) is 0 Å². The van der Waals surface area contributed by atoms with Gasteiger partial charge in [0, 0.05) is 47.0 Å². The van der Waals surface area contributed by atoms with Gasteiger partial charge in [-0.05, 0) is 62.2 Å². The number of rotatable bonds is 5. The summed E-state index contributed by atoms with van der Waals surface area (Å²) in [6.07, 6.45) is -1.53. The lowest BCUT2D eigenvalue weighted by atomic mass is 9.94. The summed E-state index contributed by atoms with van der Waals surface area (Å²) in [5.74, 6) is -2.77. The zero-order chi connectivity index (χ0) is 30.1. The zero-order valence-corrected chi connectivity index (χ0v) is 23.7. The number of benzene rings is 2. The number of carbonyl (C=O) groups excluding carboxylic acids is 1. The molecule has 0 bridgehead atoms. The maximum atomic E-state index is 12.6. The number of hydrogen-bond donors (Lipinski definition) is 4. The molecule has 2 aliphatic heterocycles. The Balaban J connectivity index is 0.000000451. The van der Waals surface area contributed by atoms with Crippen LogP contribution in [0.15, 0.2) is 54.7 Å². The number of carboxylic acids is 1. The molecule has 1 unspecified atom stereocenters. The van der Waals surface area contributed by atoms with Gasteiger partial charge in [-0.25, -0.2) is 9.78 Å². The molecule has 2 aliphatic rings. The molecule has 0 spiro atoms. The number of aromatic amines is 1. The highest BCUT2D eigenvalue weighted by Crippen LogP contribution is 2.34. The number of ether oxygens (including phenoxy) is 1. The van der Waals surface area contributed by atoms with E-state index in [1.807, 2.05) is 20.0 Å². The normalized spacial score (nSPS) is 18.1. The first-order chi connectivity index (χ1) is 19.9. The summed E-state index contributed by atoms with van der Waals surface area (Å²) in [5.41, 5.74) is 5.13. The Kier molecular flexibility index (Phi) is 8.15. The maximum Gasteiger partial charge on any atom is 0.490 e. The first kappa shape index (κ1) is 29.4.